The fourth-order valence-corrected chi connectivity index (χ4v) is 6.82. The van der Waals surface area contributed by atoms with Gasteiger partial charge in [-0.3, -0.25) is 0 Å². The van der Waals surface area contributed by atoms with E-state index in [9.17, 15) is 0 Å². The maximum absolute atomic E-state index is 6.83. The van der Waals surface area contributed by atoms with Gasteiger partial charge in [0.2, 0.25) is 0 Å². The van der Waals surface area contributed by atoms with Crippen LogP contribution in [0, 0.1) is 0 Å². The Labute approximate surface area is 249 Å². The minimum absolute atomic E-state index is 0.930. The van der Waals surface area contributed by atoms with E-state index in [1.54, 1.807) is 0 Å². The van der Waals surface area contributed by atoms with Gasteiger partial charge in [-0.05, 0) is 84.0 Å². The molecule has 2 aromatic heterocycles. The monoisotopic (exact) mass is 552 g/mol. The lowest BCUT2D eigenvalue weighted by Crippen LogP contribution is -2.16. The second-order valence-corrected chi connectivity index (χ2v) is 11.3. The molecule has 3 heteroatoms. The van der Waals surface area contributed by atoms with Crippen LogP contribution in [-0.4, -0.2) is 4.98 Å². The van der Waals surface area contributed by atoms with Crippen LogP contribution < -0.4 is 4.90 Å². The minimum Gasteiger partial charge on any atom is -0.455 e. The summed E-state index contributed by atoms with van der Waals surface area (Å²) in [5, 5.41) is 6.91. The van der Waals surface area contributed by atoms with Gasteiger partial charge < -0.3 is 14.3 Å². The summed E-state index contributed by atoms with van der Waals surface area (Å²) in [4.78, 5) is 6.06. The fraction of sp³-hybridized carbons (Fsp3) is 0.0500. The standard InChI is InChI=1S/C40H28N2O/c1-4-12-26(13-5-1)34-25-35-32-22-23-36-38(40(32)43-39(35)31-19-11-10-18-30(31)34)33-21-20-29(24-37(33)41-36)42(27-14-6-2-7-15-27)28-16-8-3-9-17-28/h1-2,4-8,10-25,41H,3,9H2. The van der Waals surface area contributed by atoms with Crippen LogP contribution in [0.15, 0.2) is 150 Å². The first-order chi connectivity index (χ1) is 21.3. The number of benzene rings is 6. The molecular formula is C40H28N2O. The number of H-pyrrole nitrogens is 1. The van der Waals surface area contributed by atoms with E-state index >= 15 is 0 Å². The lowest BCUT2D eigenvalue weighted by atomic mass is 9.95. The zero-order valence-electron chi connectivity index (χ0n) is 23.5. The summed E-state index contributed by atoms with van der Waals surface area (Å²) in [6, 6.07) is 43.3. The summed E-state index contributed by atoms with van der Waals surface area (Å²) in [6.45, 7) is 0. The number of anilines is 2. The molecule has 0 aliphatic heterocycles. The van der Waals surface area contributed by atoms with Crippen LogP contribution in [0.1, 0.15) is 12.8 Å². The summed E-state index contributed by atoms with van der Waals surface area (Å²) < 4.78 is 6.83. The molecule has 0 bridgehead atoms. The maximum Gasteiger partial charge on any atom is 0.145 e. The van der Waals surface area contributed by atoms with Crippen LogP contribution in [0.2, 0.25) is 0 Å². The smallest absolute Gasteiger partial charge is 0.145 e. The molecule has 43 heavy (non-hydrogen) atoms. The number of hydrogen-bond donors (Lipinski definition) is 1. The Hall–Kier alpha value is -5.54. The number of aromatic amines is 1. The maximum atomic E-state index is 6.83. The van der Waals surface area contributed by atoms with Crippen molar-refractivity contribution in [2.24, 2.45) is 0 Å². The van der Waals surface area contributed by atoms with E-state index in [1.807, 2.05) is 0 Å². The van der Waals surface area contributed by atoms with Crippen LogP contribution in [0.5, 0.6) is 0 Å². The third-order valence-corrected chi connectivity index (χ3v) is 8.78. The Morgan fingerprint density at radius 3 is 2.12 bits per heavy atom. The zero-order valence-corrected chi connectivity index (χ0v) is 23.5. The highest BCUT2D eigenvalue weighted by Crippen LogP contribution is 2.44. The first kappa shape index (κ1) is 24.1. The molecule has 0 atom stereocenters. The number of allylic oxidation sites excluding steroid dienone is 3. The fourth-order valence-electron chi connectivity index (χ4n) is 6.82. The average molecular weight is 553 g/mol. The molecule has 6 aromatic carbocycles. The predicted molar refractivity (Wildman–Crippen MR) is 181 cm³/mol. The van der Waals surface area contributed by atoms with Gasteiger partial charge in [0.25, 0.3) is 0 Å². The number of furan rings is 1. The predicted octanol–water partition coefficient (Wildman–Crippen LogP) is 11.4. The van der Waals surface area contributed by atoms with E-state index < -0.39 is 0 Å². The molecule has 0 unspecified atom stereocenters. The molecule has 1 aliphatic rings. The van der Waals surface area contributed by atoms with E-state index in [0.29, 0.717) is 0 Å². The number of nitrogens with zero attached hydrogens (tertiary/aromatic N) is 1. The lowest BCUT2D eigenvalue weighted by molar-refractivity contribution is 0.677. The molecule has 0 spiro atoms. The van der Waals surface area contributed by atoms with Gasteiger partial charge in [0.05, 0.1) is 10.9 Å². The van der Waals surface area contributed by atoms with Gasteiger partial charge >= 0.3 is 0 Å². The van der Waals surface area contributed by atoms with Crippen LogP contribution in [-0.2, 0) is 0 Å². The second kappa shape index (κ2) is 9.50. The molecule has 0 saturated carbocycles. The number of nitrogens with one attached hydrogen (secondary N) is 1. The van der Waals surface area contributed by atoms with Crippen LogP contribution >= 0.6 is 0 Å². The number of hydrogen-bond acceptors (Lipinski definition) is 2. The van der Waals surface area contributed by atoms with Crippen LogP contribution in [0.25, 0.3) is 65.6 Å². The Morgan fingerprint density at radius 1 is 0.558 bits per heavy atom. The molecule has 1 N–H and O–H groups in total. The molecule has 204 valence electrons. The van der Waals surface area contributed by atoms with Gasteiger partial charge in [0.15, 0.2) is 0 Å². The molecule has 0 fully saturated rings. The summed E-state index contributed by atoms with van der Waals surface area (Å²) >= 11 is 0. The summed E-state index contributed by atoms with van der Waals surface area (Å²) in [6.07, 6.45) is 8.96. The van der Waals surface area contributed by atoms with Crippen molar-refractivity contribution in [2.45, 2.75) is 12.8 Å². The number of rotatable bonds is 4. The van der Waals surface area contributed by atoms with Crippen LogP contribution in [0.3, 0.4) is 0 Å². The van der Waals surface area contributed by atoms with Gasteiger partial charge in [-0.25, -0.2) is 0 Å². The summed E-state index contributed by atoms with van der Waals surface area (Å²) in [7, 11) is 0. The van der Waals surface area contributed by atoms with Crippen molar-refractivity contribution in [3.05, 3.63) is 145 Å². The van der Waals surface area contributed by atoms with Crippen LogP contribution in [0.4, 0.5) is 11.4 Å². The SMILES string of the molecule is C1=CC(N(c2ccccc2)c2ccc3c(c2)[nH]c2ccc4c5cc(-c6ccccc6)c6ccccc6c5oc4c23)=CCC1. The zero-order chi connectivity index (χ0) is 28.3. The number of para-hydroxylation sites is 1. The highest BCUT2D eigenvalue weighted by Gasteiger charge is 2.20. The van der Waals surface area contributed by atoms with Gasteiger partial charge in [-0.1, -0.05) is 84.9 Å². The molecule has 9 rings (SSSR count). The van der Waals surface area contributed by atoms with Gasteiger partial charge in [-0.15, -0.1) is 0 Å². The quantitative estimate of drug-likeness (QED) is 0.235. The van der Waals surface area contributed by atoms with E-state index in [1.165, 1.54) is 22.2 Å². The van der Waals surface area contributed by atoms with Crippen molar-refractivity contribution >= 4 is 65.9 Å². The normalized spacial score (nSPS) is 13.4. The Bertz CT molecular complexity index is 2390. The first-order valence-electron chi connectivity index (χ1n) is 14.9. The molecular weight excluding hydrogens is 524 g/mol. The first-order valence-corrected chi connectivity index (χ1v) is 14.9. The second-order valence-electron chi connectivity index (χ2n) is 11.3. The topological polar surface area (TPSA) is 32.2 Å². The van der Waals surface area contributed by atoms with Gasteiger partial charge in [0, 0.05) is 44.1 Å². The molecule has 0 saturated heterocycles. The van der Waals surface area contributed by atoms with Crippen molar-refractivity contribution in [2.75, 3.05) is 4.90 Å². The highest BCUT2D eigenvalue weighted by molar-refractivity contribution is 6.26. The molecule has 0 amide bonds. The van der Waals surface area contributed by atoms with Crippen molar-refractivity contribution < 1.29 is 4.42 Å². The molecule has 3 nitrogen and oxygen atoms in total. The average Bonchev–Trinajstić information content (AvgIpc) is 3.64. The van der Waals surface area contributed by atoms with E-state index in [4.69, 9.17) is 4.42 Å². The number of fused-ring (bicyclic) bond motifs is 9. The minimum atomic E-state index is 0.930. The van der Waals surface area contributed by atoms with Crippen molar-refractivity contribution in [1.29, 1.82) is 0 Å². The lowest BCUT2D eigenvalue weighted by Gasteiger charge is -2.27. The third kappa shape index (κ3) is 3.75. The molecule has 1 aliphatic carbocycles. The van der Waals surface area contributed by atoms with Gasteiger partial charge in [-0.2, -0.15) is 0 Å². The number of aromatic nitrogens is 1. The summed E-state index contributed by atoms with van der Waals surface area (Å²) in [5.41, 5.74) is 9.96. The van der Waals surface area contributed by atoms with E-state index in [-0.39, 0.29) is 0 Å². The van der Waals surface area contributed by atoms with Crippen molar-refractivity contribution in [3.8, 4) is 11.1 Å². The van der Waals surface area contributed by atoms with E-state index in [2.05, 4.69) is 149 Å². The highest BCUT2D eigenvalue weighted by atomic mass is 16.3. The molecule has 8 aromatic rings. The third-order valence-electron chi connectivity index (χ3n) is 8.78. The van der Waals surface area contributed by atoms with Gasteiger partial charge in [0.1, 0.15) is 11.2 Å². The van der Waals surface area contributed by atoms with Crippen molar-refractivity contribution in [3.63, 3.8) is 0 Å². The summed E-state index contributed by atoms with van der Waals surface area (Å²) in [5.74, 6) is 0. The van der Waals surface area contributed by atoms with E-state index in [0.717, 1.165) is 73.3 Å². The Morgan fingerprint density at radius 2 is 1.30 bits per heavy atom. The molecule has 2 heterocycles. The largest absolute Gasteiger partial charge is 0.455 e. The Kier molecular flexibility index (Phi) is 5.32. The van der Waals surface area contributed by atoms with Crippen molar-refractivity contribution in [1.82, 2.24) is 4.98 Å². The molecule has 0 radical (unpaired) electrons. The Balaban J connectivity index is 1.28.